The van der Waals surface area contributed by atoms with Crippen molar-refractivity contribution in [1.29, 1.82) is 0 Å². The molecule has 11 heteroatoms. The minimum atomic E-state index is -4.23. The lowest BCUT2D eigenvalue weighted by atomic mass is 10.1. The zero-order valence-corrected chi connectivity index (χ0v) is 24.9. The average Bonchev–Trinajstić information content (AvgIpc) is 3.47. The van der Waals surface area contributed by atoms with E-state index in [9.17, 15) is 22.4 Å². The summed E-state index contributed by atoms with van der Waals surface area (Å²) in [4.78, 5) is 28.9. The van der Waals surface area contributed by atoms with Crippen LogP contribution in [0.3, 0.4) is 0 Å². The molecule has 218 valence electrons. The molecule has 1 aliphatic carbocycles. The molecule has 41 heavy (non-hydrogen) atoms. The second-order valence-electron chi connectivity index (χ2n) is 9.99. The summed E-state index contributed by atoms with van der Waals surface area (Å²) < 4.78 is 42.2. The molecule has 0 heterocycles. The fourth-order valence-electron chi connectivity index (χ4n) is 4.98. The van der Waals surface area contributed by atoms with Gasteiger partial charge in [-0.15, -0.1) is 0 Å². The lowest BCUT2D eigenvalue weighted by molar-refractivity contribution is -0.140. The lowest BCUT2D eigenvalue weighted by Crippen LogP contribution is -2.53. The number of nitrogens with zero attached hydrogens (tertiary/aromatic N) is 2. The summed E-state index contributed by atoms with van der Waals surface area (Å²) in [7, 11) is -4.23. The van der Waals surface area contributed by atoms with Crippen molar-refractivity contribution in [3.63, 3.8) is 0 Å². The van der Waals surface area contributed by atoms with Crippen molar-refractivity contribution in [2.75, 3.05) is 10.8 Å². The zero-order valence-electron chi connectivity index (χ0n) is 22.6. The van der Waals surface area contributed by atoms with Gasteiger partial charge < -0.3 is 10.2 Å². The molecule has 1 N–H and O–H groups in total. The first-order valence-corrected chi connectivity index (χ1v) is 15.7. The van der Waals surface area contributed by atoms with Crippen molar-refractivity contribution >= 4 is 50.7 Å². The molecule has 0 aromatic heterocycles. The highest BCUT2D eigenvalue weighted by molar-refractivity contribution is 7.92. The minimum absolute atomic E-state index is 0.00500. The number of amides is 2. The molecule has 1 saturated carbocycles. The van der Waals surface area contributed by atoms with Gasteiger partial charge in [-0.2, -0.15) is 0 Å². The van der Waals surface area contributed by atoms with E-state index in [0.717, 1.165) is 42.1 Å². The van der Waals surface area contributed by atoms with Gasteiger partial charge in [-0.05, 0) is 73.4 Å². The van der Waals surface area contributed by atoms with Gasteiger partial charge in [0.15, 0.2) is 0 Å². The largest absolute Gasteiger partial charge is 0.352 e. The number of benzene rings is 3. The second-order valence-corrected chi connectivity index (χ2v) is 12.7. The van der Waals surface area contributed by atoms with E-state index in [1.165, 1.54) is 29.2 Å². The van der Waals surface area contributed by atoms with E-state index in [1.54, 1.807) is 43.3 Å². The zero-order chi connectivity index (χ0) is 29.6. The van der Waals surface area contributed by atoms with Crippen LogP contribution in [-0.4, -0.2) is 43.8 Å². The third kappa shape index (κ3) is 7.58. The molecule has 4 rings (SSSR count). The van der Waals surface area contributed by atoms with Crippen LogP contribution in [0.4, 0.5) is 10.1 Å². The Balaban J connectivity index is 1.71. The van der Waals surface area contributed by atoms with E-state index in [4.69, 9.17) is 23.2 Å². The summed E-state index contributed by atoms with van der Waals surface area (Å²) in [5.41, 5.74) is 0.737. The van der Waals surface area contributed by atoms with Crippen LogP contribution in [0.1, 0.15) is 44.6 Å². The van der Waals surface area contributed by atoms with Crippen LogP contribution < -0.4 is 9.62 Å². The quantitative estimate of drug-likeness (QED) is 0.277. The third-order valence-electron chi connectivity index (χ3n) is 7.15. The normalized spacial score (nSPS) is 14.4. The van der Waals surface area contributed by atoms with Crippen molar-refractivity contribution in [3.8, 4) is 0 Å². The number of sulfonamides is 1. The number of nitrogens with one attached hydrogen (secondary N) is 1. The van der Waals surface area contributed by atoms with Crippen molar-refractivity contribution < 1.29 is 22.4 Å². The molecule has 3 aromatic rings. The molecule has 1 atom stereocenters. The summed E-state index contributed by atoms with van der Waals surface area (Å²) in [5, 5.41) is 3.70. The minimum Gasteiger partial charge on any atom is -0.352 e. The Morgan fingerprint density at radius 1 is 0.976 bits per heavy atom. The van der Waals surface area contributed by atoms with Crippen molar-refractivity contribution in [3.05, 3.63) is 94.2 Å². The molecule has 0 unspecified atom stereocenters. The first-order chi connectivity index (χ1) is 19.6. The van der Waals surface area contributed by atoms with Gasteiger partial charge in [0, 0.05) is 12.6 Å². The van der Waals surface area contributed by atoms with Crippen molar-refractivity contribution in [2.24, 2.45) is 0 Å². The van der Waals surface area contributed by atoms with E-state index in [2.05, 4.69) is 5.32 Å². The number of carbonyl (C=O) groups is 2. The number of halogens is 3. The molecule has 1 aliphatic rings. The molecule has 0 radical (unpaired) electrons. The monoisotopic (exact) mass is 619 g/mol. The van der Waals surface area contributed by atoms with Gasteiger partial charge in [-0.25, -0.2) is 12.8 Å². The maximum atomic E-state index is 14.1. The smallest absolute Gasteiger partial charge is 0.264 e. The van der Waals surface area contributed by atoms with Gasteiger partial charge in [-0.3, -0.25) is 13.9 Å². The maximum absolute atomic E-state index is 14.1. The van der Waals surface area contributed by atoms with Crippen molar-refractivity contribution in [2.45, 2.75) is 62.6 Å². The van der Waals surface area contributed by atoms with Crippen LogP contribution in [0.5, 0.6) is 0 Å². The van der Waals surface area contributed by atoms with Gasteiger partial charge in [0.05, 0.1) is 20.6 Å². The van der Waals surface area contributed by atoms with Crippen LogP contribution in [-0.2, 0) is 26.2 Å². The highest BCUT2D eigenvalue weighted by atomic mass is 35.5. The number of anilines is 1. The number of hydrogen-bond donors (Lipinski definition) is 1. The van der Waals surface area contributed by atoms with Crippen LogP contribution in [0.15, 0.2) is 77.7 Å². The molecule has 2 amide bonds. The topological polar surface area (TPSA) is 86.8 Å². The van der Waals surface area contributed by atoms with Gasteiger partial charge >= 0.3 is 0 Å². The predicted molar refractivity (Wildman–Crippen MR) is 159 cm³/mol. The Morgan fingerprint density at radius 3 is 2.24 bits per heavy atom. The van der Waals surface area contributed by atoms with Crippen LogP contribution >= 0.6 is 23.2 Å². The Hall–Kier alpha value is -3.14. The SMILES string of the molecule is CC[C@@H](C(=O)NC1CCCC1)N(Cc1ccc(Cl)c(Cl)c1)C(=O)CN(c1ccc(F)cc1)S(=O)(=O)c1ccccc1. The molecule has 0 saturated heterocycles. The number of hydrogen-bond acceptors (Lipinski definition) is 4. The molecule has 0 aliphatic heterocycles. The van der Waals surface area contributed by atoms with Crippen LogP contribution in [0.2, 0.25) is 10.0 Å². The first-order valence-electron chi connectivity index (χ1n) is 13.5. The summed E-state index contributed by atoms with van der Waals surface area (Å²) >= 11 is 12.3. The Morgan fingerprint density at radius 2 is 1.63 bits per heavy atom. The van der Waals surface area contributed by atoms with E-state index < -0.39 is 34.3 Å². The Bertz CT molecular complexity index is 1470. The average molecular weight is 621 g/mol. The van der Waals surface area contributed by atoms with E-state index in [1.807, 2.05) is 0 Å². The predicted octanol–water partition coefficient (Wildman–Crippen LogP) is 6.19. The third-order valence-corrected chi connectivity index (χ3v) is 9.68. The maximum Gasteiger partial charge on any atom is 0.264 e. The summed E-state index contributed by atoms with van der Waals surface area (Å²) in [5.74, 6) is -1.45. The number of carbonyl (C=O) groups excluding carboxylic acids is 2. The fraction of sp³-hybridized carbons (Fsp3) is 0.333. The van der Waals surface area contributed by atoms with Crippen LogP contribution in [0.25, 0.3) is 0 Å². The van der Waals surface area contributed by atoms with E-state index >= 15 is 0 Å². The van der Waals surface area contributed by atoms with Crippen LogP contribution in [0, 0.1) is 5.82 Å². The molecule has 1 fully saturated rings. The van der Waals surface area contributed by atoms with Gasteiger partial charge in [0.2, 0.25) is 11.8 Å². The van der Waals surface area contributed by atoms with E-state index in [-0.39, 0.29) is 29.1 Å². The van der Waals surface area contributed by atoms with Crippen molar-refractivity contribution in [1.82, 2.24) is 10.2 Å². The summed E-state index contributed by atoms with van der Waals surface area (Å²) in [6.07, 6.45) is 4.09. The summed E-state index contributed by atoms with van der Waals surface area (Å²) in [6, 6.07) is 16.6. The molecular formula is C30H32Cl2FN3O4S. The number of rotatable bonds is 11. The molecule has 3 aromatic carbocycles. The van der Waals surface area contributed by atoms with Gasteiger partial charge in [0.1, 0.15) is 18.4 Å². The molecule has 0 bridgehead atoms. The first kappa shape index (κ1) is 30.8. The second kappa shape index (κ2) is 13.7. The highest BCUT2D eigenvalue weighted by Crippen LogP contribution is 2.27. The molecular weight excluding hydrogens is 588 g/mol. The van der Waals surface area contributed by atoms with Gasteiger partial charge in [-0.1, -0.05) is 67.2 Å². The van der Waals surface area contributed by atoms with E-state index in [0.29, 0.717) is 22.0 Å². The Kier molecular flexibility index (Phi) is 10.3. The highest BCUT2D eigenvalue weighted by Gasteiger charge is 2.34. The summed E-state index contributed by atoms with van der Waals surface area (Å²) in [6.45, 7) is 1.18. The lowest BCUT2D eigenvalue weighted by Gasteiger charge is -2.33. The molecule has 0 spiro atoms. The fourth-order valence-corrected chi connectivity index (χ4v) is 6.73. The Labute approximate surface area is 250 Å². The van der Waals surface area contributed by atoms with Gasteiger partial charge in [0.25, 0.3) is 10.0 Å². The molecule has 7 nitrogen and oxygen atoms in total. The standard InChI is InChI=1S/C30H32Cl2FN3O4S/c1-2-28(30(38)34-23-8-6-7-9-23)35(19-21-12-17-26(31)27(32)18-21)29(37)20-36(24-15-13-22(33)14-16-24)41(39,40)25-10-4-3-5-11-25/h3-5,10-18,23,28H,2,6-9,19-20H2,1H3,(H,34,38)/t28-/m0/s1.